The maximum Gasteiger partial charge on any atom is 0.194 e. The zero-order valence-electron chi connectivity index (χ0n) is 17.5. The smallest absolute Gasteiger partial charge is 0.194 e. The van der Waals surface area contributed by atoms with E-state index in [4.69, 9.17) is 14.5 Å². The van der Waals surface area contributed by atoms with Crippen molar-refractivity contribution >= 4 is 5.96 Å². The van der Waals surface area contributed by atoms with Gasteiger partial charge in [0, 0.05) is 19.6 Å². The molecule has 156 valence electrons. The standard InChI is InChI=1S/C23H31N3O3/c1-4-24-23(25-12-11-18-9-10-20(27)21(15-18)28-3)26-13-14-29-22(16-26)19-8-6-5-7-17(19)2/h5-10,15,22,27H,4,11-14,16H2,1-3H3,(H,24,25). The van der Waals surface area contributed by atoms with Crippen molar-refractivity contribution in [2.45, 2.75) is 26.4 Å². The Kier molecular flexibility index (Phi) is 7.36. The fraction of sp³-hybridized carbons (Fsp3) is 0.435. The minimum Gasteiger partial charge on any atom is -0.504 e. The van der Waals surface area contributed by atoms with Crippen LogP contribution in [0.4, 0.5) is 0 Å². The van der Waals surface area contributed by atoms with Crippen LogP contribution in [0.5, 0.6) is 11.5 Å². The molecule has 2 aromatic carbocycles. The molecule has 1 heterocycles. The molecule has 1 fully saturated rings. The molecule has 6 heteroatoms. The minimum absolute atomic E-state index is 0.0511. The van der Waals surface area contributed by atoms with Crippen LogP contribution in [0.3, 0.4) is 0 Å². The second kappa shape index (κ2) is 10.2. The first-order valence-corrected chi connectivity index (χ1v) is 10.2. The Morgan fingerprint density at radius 2 is 2.14 bits per heavy atom. The van der Waals surface area contributed by atoms with Gasteiger partial charge in [-0.3, -0.25) is 4.99 Å². The van der Waals surface area contributed by atoms with Crippen LogP contribution in [-0.2, 0) is 11.2 Å². The summed E-state index contributed by atoms with van der Waals surface area (Å²) in [7, 11) is 1.56. The van der Waals surface area contributed by atoms with Gasteiger partial charge in [-0.1, -0.05) is 30.3 Å². The van der Waals surface area contributed by atoms with E-state index < -0.39 is 0 Å². The molecule has 0 spiro atoms. The van der Waals surface area contributed by atoms with Crippen LogP contribution in [-0.4, -0.2) is 55.9 Å². The second-order valence-corrected chi connectivity index (χ2v) is 7.15. The topological polar surface area (TPSA) is 66.3 Å². The van der Waals surface area contributed by atoms with Gasteiger partial charge in [-0.15, -0.1) is 0 Å². The lowest BCUT2D eigenvalue weighted by molar-refractivity contribution is -0.00832. The van der Waals surface area contributed by atoms with E-state index in [0.717, 1.165) is 37.6 Å². The molecule has 0 saturated carbocycles. The fourth-order valence-electron chi connectivity index (χ4n) is 3.57. The summed E-state index contributed by atoms with van der Waals surface area (Å²) in [6, 6.07) is 13.8. The number of guanidine groups is 1. The highest BCUT2D eigenvalue weighted by Gasteiger charge is 2.25. The predicted octanol–water partition coefficient (Wildman–Crippen LogP) is 3.29. The number of aliphatic imine (C=N–C) groups is 1. The van der Waals surface area contributed by atoms with E-state index in [1.165, 1.54) is 11.1 Å². The number of aryl methyl sites for hydroxylation is 1. The van der Waals surface area contributed by atoms with Gasteiger partial charge in [0.1, 0.15) is 6.10 Å². The number of hydrogen-bond acceptors (Lipinski definition) is 4. The first kappa shape index (κ1) is 21.0. The average molecular weight is 398 g/mol. The van der Waals surface area contributed by atoms with Crippen LogP contribution in [0.2, 0.25) is 0 Å². The maximum absolute atomic E-state index is 9.75. The number of phenols is 1. The Bertz CT molecular complexity index is 838. The Morgan fingerprint density at radius 1 is 1.31 bits per heavy atom. The molecule has 0 aliphatic carbocycles. The molecule has 29 heavy (non-hydrogen) atoms. The van der Waals surface area contributed by atoms with Gasteiger partial charge < -0.3 is 24.8 Å². The highest BCUT2D eigenvalue weighted by atomic mass is 16.5. The molecule has 2 N–H and O–H groups in total. The first-order valence-electron chi connectivity index (χ1n) is 10.2. The average Bonchev–Trinajstić information content (AvgIpc) is 2.74. The Morgan fingerprint density at radius 3 is 2.90 bits per heavy atom. The highest BCUT2D eigenvalue weighted by molar-refractivity contribution is 5.80. The minimum atomic E-state index is 0.0511. The molecule has 0 radical (unpaired) electrons. The number of hydrogen-bond donors (Lipinski definition) is 2. The summed E-state index contributed by atoms with van der Waals surface area (Å²) < 4.78 is 11.2. The molecule has 1 aliphatic heterocycles. The summed E-state index contributed by atoms with van der Waals surface area (Å²) in [5.41, 5.74) is 3.57. The van der Waals surface area contributed by atoms with Gasteiger partial charge in [-0.2, -0.15) is 0 Å². The normalized spacial score (nSPS) is 17.3. The van der Waals surface area contributed by atoms with Crippen molar-refractivity contribution in [3.05, 3.63) is 59.2 Å². The lowest BCUT2D eigenvalue weighted by Crippen LogP contribution is -2.48. The van der Waals surface area contributed by atoms with Gasteiger partial charge in [0.15, 0.2) is 17.5 Å². The Labute approximate surface area is 173 Å². The number of rotatable bonds is 6. The molecule has 0 bridgehead atoms. The van der Waals surface area contributed by atoms with Crippen LogP contribution >= 0.6 is 0 Å². The number of ether oxygens (including phenoxy) is 2. The number of nitrogens with one attached hydrogen (secondary N) is 1. The van der Waals surface area contributed by atoms with E-state index in [-0.39, 0.29) is 11.9 Å². The predicted molar refractivity (Wildman–Crippen MR) is 116 cm³/mol. The van der Waals surface area contributed by atoms with Gasteiger partial charge in [0.05, 0.1) is 20.3 Å². The van der Waals surface area contributed by atoms with Crippen molar-refractivity contribution in [1.29, 1.82) is 0 Å². The van der Waals surface area contributed by atoms with Gasteiger partial charge in [-0.05, 0) is 49.1 Å². The summed E-state index contributed by atoms with van der Waals surface area (Å²) in [6.07, 6.45) is 0.826. The molecule has 2 aromatic rings. The van der Waals surface area contributed by atoms with Crippen LogP contribution < -0.4 is 10.1 Å². The zero-order chi connectivity index (χ0) is 20.6. The lowest BCUT2D eigenvalue weighted by Gasteiger charge is -2.35. The summed E-state index contributed by atoms with van der Waals surface area (Å²) in [4.78, 5) is 7.11. The van der Waals surface area contributed by atoms with E-state index in [1.807, 2.05) is 12.1 Å². The van der Waals surface area contributed by atoms with Gasteiger partial charge >= 0.3 is 0 Å². The monoisotopic (exact) mass is 397 g/mol. The second-order valence-electron chi connectivity index (χ2n) is 7.15. The third kappa shape index (κ3) is 5.41. The van der Waals surface area contributed by atoms with Crippen molar-refractivity contribution in [3.8, 4) is 11.5 Å². The number of nitrogens with zero attached hydrogens (tertiary/aromatic N) is 2. The molecule has 1 atom stereocenters. The van der Waals surface area contributed by atoms with Crippen molar-refractivity contribution in [3.63, 3.8) is 0 Å². The maximum atomic E-state index is 9.75. The van der Waals surface area contributed by atoms with Crippen molar-refractivity contribution in [1.82, 2.24) is 10.2 Å². The van der Waals surface area contributed by atoms with E-state index in [1.54, 1.807) is 13.2 Å². The largest absolute Gasteiger partial charge is 0.504 e. The van der Waals surface area contributed by atoms with Gasteiger partial charge in [0.2, 0.25) is 0 Å². The molecule has 1 unspecified atom stereocenters. The molecule has 0 amide bonds. The number of benzene rings is 2. The molecule has 0 aromatic heterocycles. The zero-order valence-corrected chi connectivity index (χ0v) is 17.5. The van der Waals surface area contributed by atoms with Crippen molar-refractivity contribution in [2.75, 3.05) is 39.9 Å². The molecular weight excluding hydrogens is 366 g/mol. The van der Waals surface area contributed by atoms with E-state index in [2.05, 4.69) is 48.3 Å². The summed E-state index contributed by atoms with van der Waals surface area (Å²) in [5.74, 6) is 1.57. The van der Waals surface area contributed by atoms with Crippen LogP contribution in [0.15, 0.2) is 47.5 Å². The van der Waals surface area contributed by atoms with Crippen LogP contribution in [0.25, 0.3) is 0 Å². The Balaban J connectivity index is 1.67. The number of phenolic OH excluding ortho intramolecular Hbond substituents is 1. The van der Waals surface area contributed by atoms with E-state index in [9.17, 15) is 5.11 Å². The molecule has 6 nitrogen and oxygen atoms in total. The molecule has 1 aliphatic rings. The fourth-order valence-corrected chi connectivity index (χ4v) is 3.57. The quantitative estimate of drug-likeness (QED) is 0.578. The first-order chi connectivity index (χ1) is 14.1. The van der Waals surface area contributed by atoms with Crippen LogP contribution in [0.1, 0.15) is 29.7 Å². The number of aromatic hydroxyl groups is 1. The van der Waals surface area contributed by atoms with Gasteiger partial charge in [-0.25, -0.2) is 0 Å². The summed E-state index contributed by atoms with van der Waals surface area (Å²) >= 11 is 0. The molecule has 3 rings (SSSR count). The van der Waals surface area contributed by atoms with E-state index in [0.29, 0.717) is 18.9 Å². The van der Waals surface area contributed by atoms with Crippen LogP contribution in [0, 0.1) is 6.92 Å². The third-order valence-corrected chi connectivity index (χ3v) is 5.14. The summed E-state index contributed by atoms with van der Waals surface area (Å²) in [5, 5.41) is 13.2. The molecule has 1 saturated heterocycles. The third-order valence-electron chi connectivity index (χ3n) is 5.14. The SMILES string of the molecule is CCNC(=NCCc1ccc(O)c(OC)c1)N1CCOC(c2ccccc2C)C1. The number of methoxy groups -OCH3 is 1. The Hall–Kier alpha value is -2.73. The highest BCUT2D eigenvalue weighted by Crippen LogP contribution is 2.27. The van der Waals surface area contributed by atoms with Crippen molar-refractivity contribution < 1.29 is 14.6 Å². The van der Waals surface area contributed by atoms with Crippen molar-refractivity contribution in [2.24, 2.45) is 4.99 Å². The number of morpholine rings is 1. The molecular formula is C23H31N3O3. The van der Waals surface area contributed by atoms with E-state index >= 15 is 0 Å². The summed E-state index contributed by atoms with van der Waals surface area (Å²) in [6.45, 7) is 7.97. The van der Waals surface area contributed by atoms with Gasteiger partial charge in [0.25, 0.3) is 0 Å². The lowest BCUT2D eigenvalue weighted by atomic mass is 10.0.